The van der Waals surface area contributed by atoms with Gasteiger partial charge in [-0.1, -0.05) is 20.8 Å². The van der Waals surface area contributed by atoms with Crippen molar-refractivity contribution in [1.29, 1.82) is 0 Å². The molecule has 0 radical (unpaired) electrons. The number of nitrogens with two attached hydrogens (primary N) is 1. The molecule has 1 aromatic rings. The van der Waals surface area contributed by atoms with E-state index >= 15 is 0 Å². The number of nitrogens with zero attached hydrogens (tertiary/aromatic N) is 2. The molecule has 0 bridgehead atoms. The van der Waals surface area contributed by atoms with Crippen molar-refractivity contribution in [2.75, 3.05) is 19.0 Å². The standard InChI is InChI=1S/C18H28N4O3/c1-11(2)15-6-5-12(3)7-8-22(15)18(24)21-13-9-14(16(19)23)17(25-4)20-10-13/h9-12,15H,5-8H2,1-4H3,(H2,19,23)(H,21,24)/t12-,15-/m1/s1. The highest BCUT2D eigenvalue weighted by atomic mass is 16.5. The normalized spacial score (nSPS) is 20.9. The Morgan fingerprint density at radius 1 is 1.36 bits per heavy atom. The number of hydrogen-bond donors (Lipinski definition) is 2. The molecule has 1 aromatic heterocycles. The van der Waals surface area contributed by atoms with Crippen LogP contribution in [-0.2, 0) is 0 Å². The third-order valence-electron chi connectivity index (χ3n) is 4.81. The Balaban J connectivity index is 2.19. The molecule has 2 heterocycles. The lowest BCUT2D eigenvalue weighted by atomic mass is 9.95. The van der Waals surface area contributed by atoms with Crippen LogP contribution in [0.4, 0.5) is 10.5 Å². The average Bonchev–Trinajstić information content (AvgIpc) is 2.76. The highest BCUT2D eigenvalue weighted by Gasteiger charge is 2.29. The van der Waals surface area contributed by atoms with E-state index in [1.54, 1.807) is 0 Å². The molecule has 0 unspecified atom stereocenters. The van der Waals surface area contributed by atoms with E-state index in [1.165, 1.54) is 19.4 Å². The molecular weight excluding hydrogens is 320 g/mol. The minimum atomic E-state index is -0.649. The molecule has 138 valence electrons. The largest absolute Gasteiger partial charge is 0.480 e. The van der Waals surface area contributed by atoms with Crippen LogP contribution in [0, 0.1) is 11.8 Å². The van der Waals surface area contributed by atoms with Gasteiger partial charge in [0.05, 0.1) is 19.0 Å². The lowest BCUT2D eigenvalue weighted by Crippen LogP contribution is -2.45. The van der Waals surface area contributed by atoms with Crippen LogP contribution in [0.2, 0.25) is 0 Å². The third kappa shape index (κ3) is 4.61. The number of carbonyl (C=O) groups is 2. The van der Waals surface area contributed by atoms with Gasteiger partial charge in [0, 0.05) is 12.6 Å². The Morgan fingerprint density at radius 2 is 2.08 bits per heavy atom. The van der Waals surface area contributed by atoms with Gasteiger partial charge < -0.3 is 20.7 Å². The van der Waals surface area contributed by atoms with E-state index in [0.717, 1.165) is 25.8 Å². The number of ether oxygens (including phenoxy) is 1. The average molecular weight is 348 g/mol. The first-order valence-electron chi connectivity index (χ1n) is 8.75. The molecule has 2 rings (SSSR count). The molecule has 0 saturated carbocycles. The monoisotopic (exact) mass is 348 g/mol. The number of methoxy groups -OCH3 is 1. The van der Waals surface area contributed by atoms with Crippen molar-refractivity contribution in [3.05, 3.63) is 17.8 Å². The van der Waals surface area contributed by atoms with Crippen LogP contribution in [0.1, 0.15) is 50.4 Å². The smallest absolute Gasteiger partial charge is 0.322 e. The lowest BCUT2D eigenvalue weighted by molar-refractivity contribution is 0.0996. The zero-order valence-electron chi connectivity index (χ0n) is 15.4. The van der Waals surface area contributed by atoms with Crippen molar-refractivity contribution in [2.24, 2.45) is 17.6 Å². The molecule has 7 nitrogen and oxygen atoms in total. The van der Waals surface area contributed by atoms with Gasteiger partial charge in [0.25, 0.3) is 5.91 Å². The minimum absolute atomic E-state index is 0.144. The van der Waals surface area contributed by atoms with Crippen molar-refractivity contribution >= 4 is 17.6 Å². The van der Waals surface area contributed by atoms with Gasteiger partial charge in [-0.15, -0.1) is 0 Å². The van der Waals surface area contributed by atoms with E-state index in [0.29, 0.717) is 17.5 Å². The van der Waals surface area contributed by atoms with E-state index in [1.807, 2.05) is 4.90 Å². The summed E-state index contributed by atoms with van der Waals surface area (Å²) in [5.74, 6) is 0.493. The van der Waals surface area contributed by atoms with Gasteiger partial charge in [0.15, 0.2) is 0 Å². The van der Waals surface area contributed by atoms with Gasteiger partial charge in [0.1, 0.15) is 5.56 Å². The Morgan fingerprint density at radius 3 is 2.68 bits per heavy atom. The summed E-state index contributed by atoms with van der Waals surface area (Å²) in [7, 11) is 1.42. The summed E-state index contributed by atoms with van der Waals surface area (Å²) in [6.07, 6.45) is 4.58. The van der Waals surface area contributed by atoms with E-state index in [-0.39, 0.29) is 23.5 Å². The molecule has 3 N–H and O–H groups in total. The van der Waals surface area contributed by atoms with Crippen molar-refractivity contribution in [2.45, 2.75) is 46.1 Å². The van der Waals surface area contributed by atoms with E-state index in [2.05, 4.69) is 31.1 Å². The molecule has 1 saturated heterocycles. The van der Waals surface area contributed by atoms with E-state index in [9.17, 15) is 9.59 Å². The third-order valence-corrected chi connectivity index (χ3v) is 4.81. The number of likely N-dealkylation sites (tertiary alicyclic amines) is 1. The Kier molecular flexibility index (Phi) is 6.22. The Labute approximate surface area is 148 Å². The minimum Gasteiger partial charge on any atom is -0.480 e. The Bertz CT molecular complexity index is 633. The number of primary amides is 1. The summed E-state index contributed by atoms with van der Waals surface area (Å²) in [5.41, 5.74) is 5.92. The molecule has 7 heteroatoms. The highest BCUT2D eigenvalue weighted by Crippen LogP contribution is 2.27. The van der Waals surface area contributed by atoms with Gasteiger partial charge >= 0.3 is 6.03 Å². The molecule has 25 heavy (non-hydrogen) atoms. The number of urea groups is 1. The summed E-state index contributed by atoms with van der Waals surface area (Å²) in [6.45, 7) is 7.23. The van der Waals surface area contributed by atoms with Crippen molar-refractivity contribution in [1.82, 2.24) is 9.88 Å². The number of anilines is 1. The SMILES string of the molecule is COc1ncc(NC(=O)N2CC[C@H](C)CC[C@@H]2C(C)C)cc1C(N)=O. The van der Waals surface area contributed by atoms with Crippen LogP contribution in [0.5, 0.6) is 5.88 Å². The maximum absolute atomic E-state index is 12.8. The number of hydrogen-bond acceptors (Lipinski definition) is 4. The zero-order valence-corrected chi connectivity index (χ0v) is 15.4. The molecule has 1 fully saturated rings. The van der Waals surface area contributed by atoms with Gasteiger partial charge in [-0.25, -0.2) is 9.78 Å². The highest BCUT2D eigenvalue weighted by molar-refractivity contribution is 5.97. The molecule has 1 aliphatic heterocycles. The number of nitrogens with one attached hydrogen (secondary N) is 1. The van der Waals surface area contributed by atoms with Gasteiger partial charge in [-0.3, -0.25) is 4.79 Å². The van der Waals surface area contributed by atoms with Gasteiger partial charge in [-0.05, 0) is 37.2 Å². The van der Waals surface area contributed by atoms with Crippen LogP contribution in [0.3, 0.4) is 0 Å². The van der Waals surface area contributed by atoms with Crippen molar-refractivity contribution < 1.29 is 14.3 Å². The summed E-state index contributed by atoms with van der Waals surface area (Å²) >= 11 is 0. The van der Waals surface area contributed by atoms with E-state index in [4.69, 9.17) is 10.5 Å². The summed E-state index contributed by atoms with van der Waals surface area (Å²) in [5, 5.41) is 2.85. The second-order valence-corrected chi connectivity index (χ2v) is 7.05. The summed E-state index contributed by atoms with van der Waals surface area (Å²) < 4.78 is 5.02. The maximum atomic E-state index is 12.8. The molecule has 0 aromatic carbocycles. The van der Waals surface area contributed by atoms with E-state index < -0.39 is 5.91 Å². The second-order valence-electron chi connectivity index (χ2n) is 7.05. The first kappa shape index (κ1) is 19.0. The maximum Gasteiger partial charge on any atom is 0.322 e. The number of rotatable bonds is 4. The summed E-state index contributed by atoms with van der Waals surface area (Å²) in [6, 6.07) is 1.53. The van der Waals surface area contributed by atoms with Crippen LogP contribution < -0.4 is 15.8 Å². The molecule has 0 spiro atoms. The quantitative estimate of drug-likeness (QED) is 0.874. The summed E-state index contributed by atoms with van der Waals surface area (Å²) in [4.78, 5) is 30.3. The molecule has 0 aliphatic carbocycles. The number of amides is 3. The van der Waals surface area contributed by atoms with Crippen LogP contribution in [-0.4, -0.2) is 41.5 Å². The predicted octanol–water partition coefficient (Wildman–Crippen LogP) is 2.87. The van der Waals surface area contributed by atoms with Crippen LogP contribution >= 0.6 is 0 Å². The molecule has 3 amide bonds. The number of pyridine rings is 1. The first-order chi connectivity index (χ1) is 11.8. The van der Waals surface area contributed by atoms with Gasteiger partial charge in [-0.2, -0.15) is 0 Å². The van der Waals surface area contributed by atoms with Crippen molar-refractivity contribution in [3.8, 4) is 5.88 Å². The fourth-order valence-corrected chi connectivity index (χ4v) is 3.28. The molecule has 1 aliphatic rings. The first-order valence-corrected chi connectivity index (χ1v) is 8.75. The fraction of sp³-hybridized carbons (Fsp3) is 0.611. The topological polar surface area (TPSA) is 97.6 Å². The lowest BCUT2D eigenvalue weighted by Gasteiger charge is -2.33. The fourth-order valence-electron chi connectivity index (χ4n) is 3.28. The van der Waals surface area contributed by atoms with Crippen molar-refractivity contribution in [3.63, 3.8) is 0 Å². The van der Waals surface area contributed by atoms with Gasteiger partial charge in [0.2, 0.25) is 5.88 Å². The molecular formula is C18H28N4O3. The van der Waals surface area contributed by atoms with Crippen LogP contribution in [0.25, 0.3) is 0 Å². The van der Waals surface area contributed by atoms with Crippen LogP contribution in [0.15, 0.2) is 12.3 Å². The second kappa shape index (κ2) is 8.18. The number of aromatic nitrogens is 1. The molecule has 2 atom stereocenters. The Hall–Kier alpha value is -2.31. The number of carbonyl (C=O) groups excluding carboxylic acids is 2. The zero-order chi connectivity index (χ0) is 18.6. The predicted molar refractivity (Wildman–Crippen MR) is 96.7 cm³/mol.